The fourth-order valence-electron chi connectivity index (χ4n) is 1.14. The molecule has 0 spiro atoms. The minimum atomic E-state index is -0.219. The normalized spacial score (nSPS) is 18.6. The first-order valence-corrected chi connectivity index (χ1v) is 4.34. The van der Waals surface area contributed by atoms with Crippen LogP contribution in [0.2, 0.25) is 0 Å². The van der Waals surface area contributed by atoms with Crippen molar-refractivity contribution in [3.63, 3.8) is 0 Å². The van der Waals surface area contributed by atoms with Crippen molar-refractivity contribution in [1.82, 2.24) is 4.90 Å². The highest BCUT2D eigenvalue weighted by Gasteiger charge is 2.15. The molecule has 0 aromatic carbocycles. The monoisotopic (exact) mass is 173 g/mol. The van der Waals surface area contributed by atoms with Gasteiger partial charge in [-0.25, -0.2) is 4.79 Å². The van der Waals surface area contributed by atoms with Crippen molar-refractivity contribution in [1.29, 1.82) is 0 Å². The first-order valence-electron chi connectivity index (χ1n) is 4.34. The molecular weight excluding hydrogens is 158 g/mol. The summed E-state index contributed by atoms with van der Waals surface area (Å²) in [5.41, 5.74) is 0. The standard InChI is InChI=1S/C8H15NO3/c1-2-12-8(10)9-4-3-6-11-7-5-9/h2-7H2,1H3. The van der Waals surface area contributed by atoms with Crippen molar-refractivity contribution in [3.8, 4) is 0 Å². The molecule has 1 aliphatic heterocycles. The van der Waals surface area contributed by atoms with Gasteiger partial charge < -0.3 is 14.4 Å². The average Bonchev–Trinajstić information content (AvgIpc) is 2.32. The Morgan fingerprint density at radius 1 is 1.50 bits per heavy atom. The van der Waals surface area contributed by atoms with E-state index in [9.17, 15) is 4.79 Å². The first-order chi connectivity index (χ1) is 5.84. The Bertz CT molecular complexity index is 141. The van der Waals surface area contributed by atoms with Crippen molar-refractivity contribution in [2.24, 2.45) is 0 Å². The smallest absolute Gasteiger partial charge is 0.409 e. The van der Waals surface area contributed by atoms with Crippen molar-refractivity contribution < 1.29 is 14.3 Å². The number of amides is 1. The number of carbonyl (C=O) groups is 1. The van der Waals surface area contributed by atoms with Crippen molar-refractivity contribution >= 4 is 6.09 Å². The summed E-state index contributed by atoms with van der Waals surface area (Å²) < 4.78 is 10.1. The number of nitrogens with zero attached hydrogens (tertiary/aromatic N) is 1. The molecule has 0 aliphatic carbocycles. The van der Waals surface area contributed by atoms with Gasteiger partial charge in [-0.05, 0) is 13.3 Å². The molecule has 4 heteroatoms. The van der Waals surface area contributed by atoms with E-state index in [0.29, 0.717) is 19.8 Å². The lowest BCUT2D eigenvalue weighted by atomic mass is 10.4. The summed E-state index contributed by atoms with van der Waals surface area (Å²) in [6, 6.07) is 0. The topological polar surface area (TPSA) is 38.8 Å². The predicted octanol–water partition coefficient (Wildman–Crippen LogP) is 0.865. The number of hydrogen-bond acceptors (Lipinski definition) is 3. The van der Waals surface area contributed by atoms with Gasteiger partial charge in [0.05, 0.1) is 13.2 Å². The van der Waals surface area contributed by atoms with E-state index in [2.05, 4.69) is 0 Å². The van der Waals surface area contributed by atoms with Crippen molar-refractivity contribution in [3.05, 3.63) is 0 Å². The van der Waals surface area contributed by atoms with E-state index in [4.69, 9.17) is 9.47 Å². The Morgan fingerprint density at radius 3 is 3.08 bits per heavy atom. The fourth-order valence-corrected chi connectivity index (χ4v) is 1.14. The molecular formula is C8H15NO3. The molecule has 1 fully saturated rings. The van der Waals surface area contributed by atoms with Crippen LogP contribution in [0.25, 0.3) is 0 Å². The number of ether oxygens (including phenoxy) is 2. The lowest BCUT2D eigenvalue weighted by Gasteiger charge is -2.18. The predicted molar refractivity (Wildman–Crippen MR) is 44.0 cm³/mol. The van der Waals surface area contributed by atoms with Gasteiger partial charge in [-0.3, -0.25) is 0 Å². The molecule has 1 aliphatic rings. The largest absolute Gasteiger partial charge is 0.450 e. The summed E-state index contributed by atoms with van der Waals surface area (Å²) in [4.78, 5) is 12.9. The van der Waals surface area contributed by atoms with Gasteiger partial charge in [0.2, 0.25) is 0 Å². The first kappa shape index (κ1) is 9.32. The van der Waals surface area contributed by atoms with E-state index in [0.717, 1.165) is 19.6 Å². The lowest BCUT2D eigenvalue weighted by Crippen LogP contribution is -2.33. The molecule has 0 aromatic heterocycles. The highest BCUT2D eigenvalue weighted by molar-refractivity contribution is 5.67. The molecule has 0 unspecified atom stereocenters. The average molecular weight is 173 g/mol. The number of hydrogen-bond donors (Lipinski definition) is 0. The summed E-state index contributed by atoms with van der Waals surface area (Å²) in [5, 5.41) is 0. The van der Waals surface area contributed by atoms with Gasteiger partial charge >= 0.3 is 6.09 Å². The van der Waals surface area contributed by atoms with E-state index in [1.807, 2.05) is 6.92 Å². The highest BCUT2D eigenvalue weighted by Crippen LogP contribution is 2.00. The zero-order valence-corrected chi connectivity index (χ0v) is 7.41. The molecule has 0 saturated carbocycles. The molecule has 1 rings (SSSR count). The minimum Gasteiger partial charge on any atom is -0.450 e. The van der Waals surface area contributed by atoms with Gasteiger partial charge in [0.25, 0.3) is 0 Å². The highest BCUT2D eigenvalue weighted by atomic mass is 16.6. The van der Waals surface area contributed by atoms with Crippen LogP contribution in [0.3, 0.4) is 0 Å². The molecule has 0 N–H and O–H groups in total. The molecule has 4 nitrogen and oxygen atoms in total. The molecule has 1 saturated heterocycles. The van der Waals surface area contributed by atoms with Gasteiger partial charge in [0, 0.05) is 19.7 Å². The molecule has 0 bridgehead atoms. The number of carbonyl (C=O) groups excluding carboxylic acids is 1. The summed E-state index contributed by atoms with van der Waals surface area (Å²) in [6.07, 6.45) is 0.682. The van der Waals surface area contributed by atoms with Crippen LogP contribution in [0.15, 0.2) is 0 Å². The van der Waals surface area contributed by atoms with Crippen molar-refractivity contribution in [2.75, 3.05) is 32.9 Å². The minimum absolute atomic E-state index is 0.219. The molecule has 0 radical (unpaired) electrons. The van der Waals surface area contributed by atoms with Crippen LogP contribution in [-0.2, 0) is 9.47 Å². The fraction of sp³-hybridized carbons (Fsp3) is 0.875. The number of rotatable bonds is 1. The maximum atomic E-state index is 11.2. The van der Waals surface area contributed by atoms with Crippen LogP contribution in [-0.4, -0.2) is 43.9 Å². The Labute approximate surface area is 72.4 Å². The molecule has 0 atom stereocenters. The summed E-state index contributed by atoms with van der Waals surface area (Å²) >= 11 is 0. The Hall–Kier alpha value is -0.770. The zero-order chi connectivity index (χ0) is 8.81. The van der Waals surface area contributed by atoms with Gasteiger partial charge in [0.15, 0.2) is 0 Å². The summed E-state index contributed by atoms with van der Waals surface area (Å²) in [7, 11) is 0. The third kappa shape index (κ3) is 2.70. The third-order valence-electron chi connectivity index (χ3n) is 1.75. The Kier molecular flexibility index (Phi) is 3.87. The quantitative estimate of drug-likeness (QED) is 0.590. The van der Waals surface area contributed by atoms with Crippen LogP contribution in [0.5, 0.6) is 0 Å². The molecule has 1 amide bonds. The van der Waals surface area contributed by atoms with Gasteiger partial charge in [0.1, 0.15) is 0 Å². The van der Waals surface area contributed by atoms with E-state index >= 15 is 0 Å². The second-order valence-corrected chi connectivity index (χ2v) is 2.65. The van der Waals surface area contributed by atoms with Gasteiger partial charge in [-0.2, -0.15) is 0 Å². The molecule has 12 heavy (non-hydrogen) atoms. The summed E-state index contributed by atoms with van der Waals surface area (Å²) in [5.74, 6) is 0. The van der Waals surface area contributed by atoms with E-state index in [1.54, 1.807) is 4.90 Å². The Balaban J connectivity index is 2.32. The summed E-state index contributed by atoms with van der Waals surface area (Å²) in [6.45, 7) is 5.02. The second kappa shape index (κ2) is 4.98. The molecule has 0 aromatic rings. The van der Waals surface area contributed by atoms with E-state index in [1.165, 1.54) is 0 Å². The zero-order valence-electron chi connectivity index (χ0n) is 7.41. The van der Waals surface area contributed by atoms with Gasteiger partial charge in [-0.1, -0.05) is 0 Å². The maximum Gasteiger partial charge on any atom is 0.409 e. The van der Waals surface area contributed by atoms with Crippen LogP contribution < -0.4 is 0 Å². The molecule has 70 valence electrons. The van der Waals surface area contributed by atoms with E-state index < -0.39 is 0 Å². The van der Waals surface area contributed by atoms with E-state index in [-0.39, 0.29) is 6.09 Å². The third-order valence-corrected chi connectivity index (χ3v) is 1.75. The Morgan fingerprint density at radius 2 is 2.33 bits per heavy atom. The second-order valence-electron chi connectivity index (χ2n) is 2.65. The van der Waals surface area contributed by atoms with Crippen molar-refractivity contribution in [2.45, 2.75) is 13.3 Å². The van der Waals surface area contributed by atoms with Crippen LogP contribution in [0.4, 0.5) is 4.79 Å². The SMILES string of the molecule is CCOC(=O)N1CCCOCC1. The molecule has 1 heterocycles. The maximum absolute atomic E-state index is 11.2. The van der Waals surface area contributed by atoms with Gasteiger partial charge in [-0.15, -0.1) is 0 Å². The van der Waals surface area contributed by atoms with Crippen LogP contribution >= 0.6 is 0 Å². The van der Waals surface area contributed by atoms with Crippen LogP contribution in [0, 0.1) is 0 Å². The van der Waals surface area contributed by atoms with Crippen LogP contribution in [0.1, 0.15) is 13.3 Å². The lowest BCUT2D eigenvalue weighted by molar-refractivity contribution is 0.101.